The fourth-order valence-electron chi connectivity index (χ4n) is 2.84. The molecule has 1 N–H and O–H groups in total. The van der Waals surface area contributed by atoms with Crippen LogP contribution in [0.5, 0.6) is 0 Å². The molecule has 0 aliphatic carbocycles. The lowest BCUT2D eigenvalue weighted by Gasteiger charge is -2.07. The Bertz CT molecular complexity index is 1050. The molecule has 3 aromatic heterocycles. The van der Waals surface area contributed by atoms with Crippen molar-refractivity contribution in [2.75, 3.05) is 6.61 Å². The van der Waals surface area contributed by atoms with E-state index in [1.54, 1.807) is 24.6 Å². The van der Waals surface area contributed by atoms with E-state index in [4.69, 9.17) is 0 Å². The van der Waals surface area contributed by atoms with E-state index in [-0.39, 0.29) is 18.7 Å². The van der Waals surface area contributed by atoms with Crippen LogP contribution in [0, 0.1) is 6.92 Å². The monoisotopic (exact) mass is 317 g/mol. The molecule has 0 saturated carbocycles. The Balaban J connectivity index is 2.47. The van der Waals surface area contributed by atoms with Gasteiger partial charge in [-0.1, -0.05) is 12.2 Å². The van der Waals surface area contributed by atoms with Gasteiger partial charge in [0, 0.05) is 25.5 Å². The van der Waals surface area contributed by atoms with Crippen molar-refractivity contribution in [2.45, 2.75) is 26.9 Å². The van der Waals surface area contributed by atoms with Crippen molar-refractivity contribution in [3.05, 3.63) is 44.9 Å². The minimum atomic E-state index is -0.420. The molecule has 3 heterocycles. The van der Waals surface area contributed by atoms with E-state index in [0.29, 0.717) is 23.5 Å². The zero-order chi connectivity index (χ0) is 16.9. The standard InChI is InChI=1S/C15H19N5O3/c1-9(2)7-20-13(22)11-12(17(4)15(20)23)16-14-18(5-6-21)10(3)8-19(11)14/h8,21H,1,5-7H2,2-4H3. The largest absolute Gasteiger partial charge is 0.395 e. The number of aliphatic hydroxyl groups is 1. The van der Waals surface area contributed by atoms with Crippen LogP contribution in [-0.2, 0) is 20.1 Å². The molecule has 0 atom stereocenters. The van der Waals surface area contributed by atoms with Crippen LogP contribution >= 0.6 is 0 Å². The minimum Gasteiger partial charge on any atom is -0.395 e. The van der Waals surface area contributed by atoms with Crippen LogP contribution < -0.4 is 11.2 Å². The van der Waals surface area contributed by atoms with Gasteiger partial charge in [0.2, 0.25) is 5.78 Å². The zero-order valence-electron chi connectivity index (χ0n) is 13.4. The van der Waals surface area contributed by atoms with E-state index in [0.717, 1.165) is 15.8 Å². The summed E-state index contributed by atoms with van der Waals surface area (Å²) in [6.45, 7) is 7.93. The summed E-state index contributed by atoms with van der Waals surface area (Å²) in [6, 6.07) is 0. The summed E-state index contributed by atoms with van der Waals surface area (Å²) in [5.41, 5.74) is 1.47. The average Bonchev–Trinajstić information content (AvgIpc) is 2.98. The number of fused-ring (bicyclic) bond motifs is 3. The second-order valence-electron chi connectivity index (χ2n) is 5.79. The van der Waals surface area contributed by atoms with Crippen molar-refractivity contribution in [1.29, 1.82) is 0 Å². The Morgan fingerprint density at radius 1 is 1.35 bits per heavy atom. The van der Waals surface area contributed by atoms with Gasteiger partial charge >= 0.3 is 5.69 Å². The molecule has 0 fully saturated rings. The lowest BCUT2D eigenvalue weighted by Crippen LogP contribution is -2.39. The van der Waals surface area contributed by atoms with Crippen molar-refractivity contribution < 1.29 is 5.11 Å². The normalized spacial score (nSPS) is 11.7. The second kappa shape index (κ2) is 5.24. The first-order chi connectivity index (χ1) is 10.9. The molecule has 3 aromatic rings. The summed E-state index contributed by atoms with van der Waals surface area (Å²) in [4.78, 5) is 29.6. The van der Waals surface area contributed by atoms with Crippen molar-refractivity contribution in [3.8, 4) is 0 Å². The van der Waals surface area contributed by atoms with Gasteiger partial charge in [0.25, 0.3) is 5.56 Å². The third kappa shape index (κ3) is 2.14. The van der Waals surface area contributed by atoms with Crippen LogP contribution in [0.25, 0.3) is 16.9 Å². The van der Waals surface area contributed by atoms with Crippen LogP contribution in [0.2, 0.25) is 0 Å². The highest BCUT2D eigenvalue weighted by Crippen LogP contribution is 2.15. The lowest BCUT2D eigenvalue weighted by molar-refractivity contribution is 0.276. The number of imidazole rings is 2. The van der Waals surface area contributed by atoms with Crippen LogP contribution in [0.15, 0.2) is 27.9 Å². The molecule has 8 heteroatoms. The smallest absolute Gasteiger partial charge is 0.332 e. The zero-order valence-corrected chi connectivity index (χ0v) is 13.4. The van der Waals surface area contributed by atoms with E-state index in [2.05, 4.69) is 11.6 Å². The lowest BCUT2D eigenvalue weighted by atomic mass is 10.3. The van der Waals surface area contributed by atoms with Gasteiger partial charge in [-0.05, 0) is 13.8 Å². The van der Waals surface area contributed by atoms with E-state index in [1.165, 1.54) is 4.57 Å². The summed E-state index contributed by atoms with van der Waals surface area (Å²) in [5.74, 6) is 0.534. The first kappa shape index (κ1) is 15.3. The molecular formula is C15H19N5O3. The maximum absolute atomic E-state index is 12.8. The molecule has 0 aromatic carbocycles. The second-order valence-corrected chi connectivity index (χ2v) is 5.79. The Hall–Kier alpha value is -2.61. The number of rotatable bonds is 4. The molecule has 0 aliphatic rings. The molecule has 0 saturated heterocycles. The molecule has 8 nitrogen and oxygen atoms in total. The highest BCUT2D eigenvalue weighted by molar-refractivity contribution is 5.75. The maximum atomic E-state index is 12.8. The van der Waals surface area contributed by atoms with Gasteiger partial charge in [-0.15, -0.1) is 0 Å². The van der Waals surface area contributed by atoms with Gasteiger partial charge in [0.15, 0.2) is 11.2 Å². The molecule has 0 unspecified atom stereocenters. The molecule has 0 amide bonds. The van der Waals surface area contributed by atoms with Crippen molar-refractivity contribution in [1.82, 2.24) is 23.1 Å². The van der Waals surface area contributed by atoms with Crippen LogP contribution in [0.3, 0.4) is 0 Å². The van der Waals surface area contributed by atoms with E-state index in [1.807, 2.05) is 11.5 Å². The number of nitrogens with zero attached hydrogens (tertiary/aromatic N) is 5. The van der Waals surface area contributed by atoms with Crippen LogP contribution in [0.4, 0.5) is 0 Å². The highest BCUT2D eigenvalue weighted by atomic mass is 16.3. The Labute approximate surface area is 131 Å². The Morgan fingerprint density at radius 2 is 2.04 bits per heavy atom. The highest BCUT2D eigenvalue weighted by Gasteiger charge is 2.19. The number of aromatic nitrogens is 5. The van der Waals surface area contributed by atoms with E-state index >= 15 is 0 Å². The topological polar surface area (TPSA) is 86.5 Å². The third-order valence-electron chi connectivity index (χ3n) is 3.89. The fraction of sp³-hybridized carbons (Fsp3) is 0.400. The molecule has 23 heavy (non-hydrogen) atoms. The molecular weight excluding hydrogens is 298 g/mol. The van der Waals surface area contributed by atoms with Gasteiger partial charge < -0.3 is 9.67 Å². The van der Waals surface area contributed by atoms with Crippen LogP contribution in [-0.4, -0.2) is 34.8 Å². The quantitative estimate of drug-likeness (QED) is 0.688. The summed E-state index contributed by atoms with van der Waals surface area (Å²) >= 11 is 0. The SMILES string of the molecule is C=C(C)Cn1c(=O)c2c(nc3n(CCO)c(C)cn23)n(C)c1=O. The number of allylic oxidation sites excluding steroid dienone is 1. The summed E-state index contributed by atoms with van der Waals surface area (Å²) in [5, 5.41) is 9.20. The fourth-order valence-corrected chi connectivity index (χ4v) is 2.84. The summed E-state index contributed by atoms with van der Waals surface area (Å²) < 4.78 is 6.02. The molecule has 0 spiro atoms. The molecule has 0 bridgehead atoms. The van der Waals surface area contributed by atoms with E-state index < -0.39 is 5.69 Å². The average molecular weight is 317 g/mol. The maximum Gasteiger partial charge on any atom is 0.332 e. The predicted molar refractivity (Wildman–Crippen MR) is 86.8 cm³/mol. The minimum absolute atomic E-state index is 0.0345. The van der Waals surface area contributed by atoms with Gasteiger partial charge in [-0.2, -0.15) is 4.98 Å². The van der Waals surface area contributed by atoms with Crippen LogP contribution in [0.1, 0.15) is 12.6 Å². The predicted octanol–water partition coefficient (Wildman–Crippen LogP) is 0.0262. The number of hydrogen-bond donors (Lipinski definition) is 1. The molecule has 0 aliphatic heterocycles. The molecule has 3 rings (SSSR count). The molecule has 122 valence electrons. The third-order valence-corrected chi connectivity index (χ3v) is 3.89. The number of hydrogen-bond acceptors (Lipinski definition) is 4. The van der Waals surface area contributed by atoms with Crippen molar-refractivity contribution in [2.24, 2.45) is 7.05 Å². The van der Waals surface area contributed by atoms with Gasteiger partial charge in [0.1, 0.15) is 0 Å². The van der Waals surface area contributed by atoms with Crippen molar-refractivity contribution in [3.63, 3.8) is 0 Å². The first-order valence-corrected chi connectivity index (χ1v) is 7.29. The van der Waals surface area contributed by atoms with Gasteiger partial charge in [-0.25, -0.2) is 4.79 Å². The summed E-state index contributed by atoms with van der Waals surface area (Å²) in [7, 11) is 1.59. The van der Waals surface area contributed by atoms with Crippen molar-refractivity contribution >= 4 is 16.9 Å². The Morgan fingerprint density at radius 3 is 2.65 bits per heavy atom. The first-order valence-electron chi connectivity index (χ1n) is 7.29. The molecule has 0 radical (unpaired) electrons. The Kier molecular flexibility index (Phi) is 3.48. The number of aryl methyl sites for hydroxylation is 2. The number of aliphatic hydroxyl groups excluding tert-OH is 1. The van der Waals surface area contributed by atoms with Gasteiger partial charge in [0.05, 0.1) is 13.2 Å². The summed E-state index contributed by atoms with van der Waals surface area (Å²) in [6.07, 6.45) is 1.79. The van der Waals surface area contributed by atoms with E-state index in [9.17, 15) is 14.7 Å². The van der Waals surface area contributed by atoms with Gasteiger partial charge in [-0.3, -0.25) is 18.3 Å².